The van der Waals surface area contributed by atoms with Crippen molar-refractivity contribution in [1.29, 1.82) is 0 Å². The van der Waals surface area contributed by atoms with Crippen LogP contribution in [-0.4, -0.2) is 23.0 Å². The molecule has 0 aliphatic rings. The minimum absolute atomic E-state index is 0.540. The molecule has 0 saturated carbocycles. The highest BCUT2D eigenvalue weighted by molar-refractivity contribution is 5.85. The molecule has 0 bridgehead atoms. The number of carbonyl (C=O) groups is 2. The lowest BCUT2D eigenvalue weighted by Gasteiger charge is -2.27. The zero-order chi connectivity index (χ0) is 14.6. The SMILES string of the molecule is [2H]C(C(=O)N[C@H](C(=O)O)C(C)(C)C)c1ccccc1. The van der Waals surface area contributed by atoms with Crippen LogP contribution in [0.4, 0.5) is 0 Å². The van der Waals surface area contributed by atoms with Gasteiger partial charge in [-0.3, -0.25) is 4.79 Å². The Hall–Kier alpha value is -1.84. The second-order valence-electron chi connectivity index (χ2n) is 5.20. The van der Waals surface area contributed by atoms with Crippen molar-refractivity contribution in [2.45, 2.75) is 33.2 Å². The van der Waals surface area contributed by atoms with Gasteiger partial charge in [-0.05, 0) is 11.0 Å². The fraction of sp³-hybridized carbons (Fsp3) is 0.429. The van der Waals surface area contributed by atoms with Crippen LogP contribution in [0.15, 0.2) is 30.3 Å². The smallest absolute Gasteiger partial charge is 0.326 e. The summed E-state index contributed by atoms with van der Waals surface area (Å²) in [7, 11) is 0. The first-order chi connectivity index (χ1) is 8.73. The van der Waals surface area contributed by atoms with Gasteiger partial charge in [-0.25, -0.2) is 4.79 Å². The zero-order valence-electron chi connectivity index (χ0n) is 11.8. The molecule has 0 fully saturated rings. The molecule has 2 atom stereocenters. The highest BCUT2D eigenvalue weighted by Crippen LogP contribution is 2.19. The standard InChI is InChI=1S/C14H19NO3/c1-14(2,3)12(13(17)18)15-11(16)9-10-7-5-4-6-8-10/h4-8,12H,9H2,1-3H3,(H,15,16)(H,17,18)/t12-/m1/s1/i9D/t9?,12-. The summed E-state index contributed by atoms with van der Waals surface area (Å²) in [5, 5.41) is 11.6. The third-order valence-electron chi connectivity index (χ3n) is 2.50. The lowest BCUT2D eigenvalue weighted by molar-refractivity contribution is -0.144. The topological polar surface area (TPSA) is 66.4 Å². The summed E-state index contributed by atoms with van der Waals surface area (Å²) in [5.74, 6) is -1.70. The number of aliphatic carboxylic acids is 1. The Balaban J connectivity index is 2.81. The molecule has 0 saturated heterocycles. The van der Waals surface area contributed by atoms with E-state index in [4.69, 9.17) is 6.48 Å². The molecule has 98 valence electrons. The maximum Gasteiger partial charge on any atom is 0.326 e. The minimum Gasteiger partial charge on any atom is -0.480 e. The van der Waals surface area contributed by atoms with Crippen LogP contribution in [0.2, 0.25) is 0 Å². The van der Waals surface area contributed by atoms with Gasteiger partial charge in [0.1, 0.15) is 6.04 Å². The van der Waals surface area contributed by atoms with Crippen LogP contribution in [0.1, 0.15) is 27.7 Å². The Morgan fingerprint density at radius 1 is 1.33 bits per heavy atom. The zero-order valence-corrected chi connectivity index (χ0v) is 10.8. The van der Waals surface area contributed by atoms with E-state index in [0.717, 1.165) is 0 Å². The quantitative estimate of drug-likeness (QED) is 0.857. The van der Waals surface area contributed by atoms with Crippen molar-refractivity contribution in [3.8, 4) is 0 Å². The second-order valence-corrected chi connectivity index (χ2v) is 5.20. The number of amides is 1. The summed E-state index contributed by atoms with van der Waals surface area (Å²) < 4.78 is 7.85. The maximum absolute atomic E-state index is 11.9. The van der Waals surface area contributed by atoms with Gasteiger partial charge in [-0.15, -0.1) is 0 Å². The fourth-order valence-corrected chi connectivity index (χ4v) is 1.53. The first kappa shape index (κ1) is 12.6. The van der Waals surface area contributed by atoms with Crippen molar-refractivity contribution in [3.05, 3.63) is 35.9 Å². The van der Waals surface area contributed by atoms with Gasteiger partial charge >= 0.3 is 5.97 Å². The Morgan fingerprint density at radius 2 is 1.89 bits per heavy atom. The normalized spacial score (nSPS) is 15.4. The van der Waals surface area contributed by atoms with Crippen molar-refractivity contribution in [3.63, 3.8) is 0 Å². The number of benzene rings is 1. The molecule has 1 rings (SSSR count). The number of carboxylic acids is 1. The molecule has 2 N–H and O–H groups in total. The maximum atomic E-state index is 11.9. The van der Waals surface area contributed by atoms with Crippen molar-refractivity contribution >= 4 is 11.9 Å². The summed E-state index contributed by atoms with van der Waals surface area (Å²) in [6.07, 6.45) is -1.12. The number of hydrogen-bond acceptors (Lipinski definition) is 2. The molecule has 1 unspecified atom stereocenters. The highest BCUT2D eigenvalue weighted by Gasteiger charge is 2.32. The first-order valence-electron chi connectivity index (χ1n) is 6.31. The summed E-state index contributed by atoms with van der Waals surface area (Å²) in [6.45, 7) is 5.19. The van der Waals surface area contributed by atoms with Crippen molar-refractivity contribution in [2.75, 3.05) is 0 Å². The summed E-state index contributed by atoms with van der Waals surface area (Å²) in [5.41, 5.74) is -0.0733. The second kappa shape index (κ2) is 5.67. The number of carbonyl (C=O) groups excluding carboxylic acids is 1. The Labute approximate surface area is 108 Å². The van der Waals surface area contributed by atoms with Crippen LogP contribution in [0, 0.1) is 5.41 Å². The highest BCUT2D eigenvalue weighted by atomic mass is 16.4. The fourth-order valence-electron chi connectivity index (χ4n) is 1.53. The predicted molar refractivity (Wildman–Crippen MR) is 69.2 cm³/mol. The summed E-state index contributed by atoms with van der Waals surface area (Å²) >= 11 is 0. The third kappa shape index (κ3) is 4.20. The summed E-state index contributed by atoms with van der Waals surface area (Å²) in [6, 6.07) is 7.60. The van der Waals surface area contributed by atoms with E-state index in [1.54, 1.807) is 51.1 Å². The molecular formula is C14H19NO3. The van der Waals surface area contributed by atoms with Gasteiger partial charge in [0.05, 0.1) is 6.40 Å². The third-order valence-corrected chi connectivity index (χ3v) is 2.50. The van der Waals surface area contributed by atoms with E-state index in [0.29, 0.717) is 5.56 Å². The van der Waals surface area contributed by atoms with Crippen molar-refractivity contribution < 1.29 is 16.1 Å². The average molecular weight is 250 g/mol. The van der Waals surface area contributed by atoms with Gasteiger partial charge in [0.15, 0.2) is 0 Å². The van der Waals surface area contributed by atoms with Crippen LogP contribution in [0.25, 0.3) is 0 Å². The minimum atomic E-state index is -1.12. The molecule has 1 amide bonds. The number of nitrogens with one attached hydrogen (secondary N) is 1. The lowest BCUT2D eigenvalue weighted by atomic mass is 9.86. The van der Waals surface area contributed by atoms with E-state index in [1.807, 2.05) is 0 Å². The van der Waals surface area contributed by atoms with E-state index in [2.05, 4.69) is 5.32 Å². The molecule has 4 heteroatoms. The van der Waals surface area contributed by atoms with Gasteiger partial charge in [-0.2, -0.15) is 0 Å². The molecule has 0 radical (unpaired) electrons. The first-order valence-corrected chi connectivity index (χ1v) is 5.74. The molecule has 0 spiro atoms. The molecule has 0 aliphatic carbocycles. The van der Waals surface area contributed by atoms with Crippen molar-refractivity contribution in [1.82, 2.24) is 5.32 Å². The van der Waals surface area contributed by atoms with Gasteiger partial charge in [0, 0.05) is 1.37 Å². The predicted octanol–water partition coefficient (Wildman–Crippen LogP) is 1.84. The Kier molecular flexibility index (Phi) is 3.97. The number of carboxylic acid groups (broad SMARTS) is 1. The van der Waals surface area contributed by atoms with Crippen LogP contribution < -0.4 is 5.32 Å². The van der Waals surface area contributed by atoms with Gasteiger partial charge < -0.3 is 10.4 Å². The number of hydrogen-bond donors (Lipinski definition) is 2. The molecule has 1 aromatic carbocycles. The molecule has 18 heavy (non-hydrogen) atoms. The van der Waals surface area contributed by atoms with E-state index >= 15 is 0 Å². The Morgan fingerprint density at radius 3 is 2.33 bits per heavy atom. The van der Waals surface area contributed by atoms with Gasteiger partial charge in [0.2, 0.25) is 5.91 Å². The monoisotopic (exact) mass is 250 g/mol. The van der Waals surface area contributed by atoms with E-state index < -0.39 is 29.7 Å². The average Bonchev–Trinajstić information content (AvgIpc) is 2.34. The van der Waals surface area contributed by atoms with Gasteiger partial charge in [-0.1, -0.05) is 51.1 Å². The molecule has 0 heterocycles. The molecule has 1 aromatic rings. The van der Waals surface area contributed by atoms with Crippen LogP contribution >= 0.6 is 0 Å². The summed E-state index contributed by atoms with van der Waals surface area (Å²) in [4.78, 5) is 23.1. The van der Waals surface area contributed by atoms with E-state index in [9.17, 15) is 9.59 Å². The van der Waals surface area contributed by atoms with E-state index in [-0.39, 0.29) is 0 Å². The number of rotatable bonds is 4. The molecule has 4 nitrogen and oxygen atoms in total. The van der Waals surface area contributed by atoms with Crippen molar-refractivity contribution in [2.24, 2.45) is 5.41 Å². The van der Waals surface area contributed by atoms with E-state index in [1.165, 1.54) is 0 Å². The van der Waals surface area contributed by atoms with Crippen LogP contribution in [-0.2, 0) is 16.0 Å². The molecule has 0 aromatic heterocycles. The van der Waals surface area contributed by atoms with Crippen LogP contribution in [0.3, 0.4) is 0 Å². The van der Waals surface area contributed by atoms with Crippen LogP contribution in [0.5, 0.6) is 0 Å². The Bertz CT molecular complexity index is 454. The molecule has 0 aliphatic heterocycles. The van der Waals surface area contributed by atoms with Gasteiger partial charge in [0.25, 0.3) is 0 Å². The largest absolute Gasteiger partial charge is 0.480 e. The molecular weight excluding hydrogens is 230 g/mol. The lowest BCUT2D eigenvalue weighted by Crippen LogP contribution is -2.49.